The molecule has 0 amide bonds. The Morgan fingerprint density at radius 1 is 1.29 bits per heavy atom. The summed E-state index contributed by atoms with van der Waals surface area (Å²) in [4.78, 5) is 6.88. The number of piperidine rings is 1. The van der Waals surface area contributed by atoms with Crippen LogP contribution in [0.1, 0.15) is 18.7 Å². The first kappa shape index (κ1) is 15.4. The molecule has 0 bridgehead atoms. The van der Waals surface area contributed by atoms with Crippen molar-refractivity contribution in [3.63, 3.8) is 0 Å². The Labute approximate surface area is 140 Å². The summed E-state index contributed by atoms with van der Waals surface area (Å²) in [6, 6.07) is 5.66. The Bertz CT molecular complexity index is 701. The first-order valence-corrected chi connectivity index (χ1v) is 8.26. The van der Waals surface area contributed by atoms with Crippen molar-refractivity contribution < 1.29 is 18.7 Å². The lowest BCUT2D eigenvalue weighted by Gasteiger charge is -2.31. The van der Waals surface area contributed by atoms with E-state index in [0.717, 1.165) is 36.8 Å². The first-order chi connectivity index (χ1) is 11.8. The van der Waals surface area contributed by atoms with E-state index in [4.69, 9.17) is 18.7 Å². The molecule has 0 N–H and O–H groups in total. The molecule has 3 heterocycles. The molecule has 24 heavy (non-hydrogen) atoms. The highest BCUT2D eigenvalue weighted by molar-refractivity contribution is 5.61. The van der Waals surface area contributed by atoms with Crippen molar-refractivity contribution >= 4 is 0 Å². The fourth-order valence-corrected chi connectivity index (χ4v) is 3.33. The normalized spacial score (nSPS) is 20.5. The summed E-state index contributed by atoms with van der Waals surface area (Å²) in [7, 11) is 1.76. The van der Waals surface area contributed by atoms with E-state index in [1.165, 1.54) is 12.8 Å². The summed E-state index contributed by atoms with van der Waals surface area (Å²) in [5.74, 6) is 3.27. The minimum atomic E-state index is 0.258. The van der Waals surface area contributed by atoms with Crippen LogP contribution in [0.5, 0.6) is 11.5 Å². The third-order valence-electron chi connectivity index (χ3n) is 4.46. The van der Waals surface area contributed by atoms with Gasteiger partial charge >= 0.3 is 0 Å². The Kier molecular flexibility index (Phi) is 4.36. The fraction of sp³-hybridized carbons (Fsp3) is 0.529. The van der Waals surface area contributed by atoms with Crippen LogP contribution in [0, 0.1) is 5.92 Å². The van der Waals surface area contributed by atoms with Crippen molar-refractivity contribution in [2.75, 3.05) is 33.6 Å². The Morgan fingerprint density at radius 3 is 3.12 bits per heavy atom. The topological polar surface area (TPSA) is 69.9 Å². The van der Waals surface area contributed by atoms with Gasteiger partial charge in [0.05, 0.1) is 13.2 Å². The average molecular weight is 331 g/mol. The minimum Gasteiger partial charge on any atom is -0.454 e. The molecule has 0 radical (unpaired) electrons. The van der Waals surface area contributed by atoms with Gasteiger partial charge in [0.15, 0.2) is 11.5 Å². The molecule has 2 aliphatic heterocycles. The van der Waals surface area contributed by atoms with Gasteiger partial charge in [-0.25, -0.2) is 0 Å². The van der Waals surface area contributed by atoms with E-state index >= 15 is 0 Å². The molecular formula is C17H21N3O4. The van der Waals surface area contributed by atoms with Crippen LogP contribution in [0.25, 0.3) is 11.4 Å². The van der Waals surface area contributed by atoms with Crippen molar-refractivity contribution in [1.29, 1.82) is 0 Å². The Morgan fingerprint density at radius 2 is 2.21 bits per heavy atom. The third kappa shape index (κ3) is 3.22. The molecule has 0 unspecified atom stereocenters. The molecule has 1 fully saturated rings. The Hall–Kier alpha value is -2.12. The van der Waals surface area contributed by atoms with Crippen LogP contribution in [0.4, 0.5) is 0 Å². The number of hydrogen-bond acceptors (Lipinski definition) is 7. The van der Waals surface area contributed by atoms with E-state index < -0.39 is 0 Å². The summed E-state index contributed by atoms with van der Waals surface area (Å²) in [5.41, 5.74) is 0.866. The van der Waals surface area contributed by atoms with E-state index in [1.54, 1.807) is 7.11 Å². The maximum Gasteiger partial charge on any atom is 0.241 e. The van der Waals surface area contributed by atoms with Gasteiger partial charge in [-0.3, -0.25) is 4.90 Å². The predicted octanol–water partition coefficient (Wildman–Crippen LogP) is 2.32. The van der Waals surface area contributed by atoms with Gasteiger partial charge < -0.3 is 18.7 Å². The molecule has 128 valence electrons. The largest absolute Gasteiger partial charge is 0.454 e. The lowest BCUT2D eigenvalue weighted by molar-refractivity contribution is 0.0820. The second-order valence-electron chi connectivity index (χ2n) is 6.28. The summed E-state index contributed by atoms with van der Waals surface area (Å²) in [5, 5.41) is 4.10. The number of rotatable bonds is 5. The van der Waals surface area contributed by atoms with Crippen molar-refractivity contribution in [3.05, 3.63) is 24.1 Å². The van der Waals surface area contributed by atoms with Crippen LogP contribution in [0.15, 0.2) is 22.7 Å². The van der Waals surface area contributed by atoms with Crippen molar-refractivity contribution in [2.24, 2.45) is 5.92 Å². The molecule has 1 atom stereocenters. The number of aromatic nitrogens is 2. The molecule has 0 saturated carbocycles. The summed E-state index contributed by atoms with van der Waals surface area (Å²) >= 11 is 0. The van der Waals surface area contributed by atoms with Crippen LogP contribution >= 0.6 is 0 Å². The second-order valence-corrected chi connectivity index (χ2v) is 6.28. The van der Waals surface area contributed by atoms with Gasteiger partial charge in [-0.15, -0.1) is 0 Å². The predicted molar refractivity (Wildman–Crippen MR) is 85.7 cm³/mol. The van der Waals surface area contributed by atoms with Crippen LogP contribution in [0.2, 0.25) is 0 Å². The smallest absolute Gasteiger partial charge is 0.241 e. The number of benzene rings is 1. The Balaban J connectivity index is 1.43. The molecule has 0 spiro atoms. The maximum atomic E-state index is 5.43. The van der Waals surface area contributed by atoms with E-state index in [-0.39, 0.29) is 6.79 Å². The van der Waals surface area contributed by atoms with Crippen LogP contribution in [-0.2, 0) is 11.3 Å². The van der Waals surface area contributed by atoms with Gasteiger partial charge in [-0.2, -0.15) is 4.98 Å². The van der Waals surface area contributed by atoms with E-state index in [2.05, 4.69) is 15.0 Å². The lowest BCUT2D eigenvalue weighted by Crippen LogP contribution is -2.36. The third-order valence-corrected chi connectivity index (χ3v) is 4.46. The van der Waals surface area contributed by atoms with Crippen LogP contribution in [0.3, 0.4) is 0 Å². The van der Waals surface area contributed by atoms with E-state index in [9.17, 15) is 0 Å². The lowest BCUT2D eigenvalue weighted by atomic mass is 9.99. The quantitative estimate of drug-likeness (QED) is 0.832. The van der Waals surface area contributed by atoms with Crippen molar-refractivity contribution in [1.82, 2.24) is 15.0 Å². The van der Waals surface area contributed by atoms with Crippen molar-refractivity contribution in [3.8, 4) is 22.9 Å². The zero-order chi connectivity index (χ0) is 16.4. The van der Waals surface area contributed by atoms with Gasteiger partial charge in [0.25, 0.3) is 0 Å². The zero-order valence-electron chi connectivity index (χ0n) is 13.7. The summed E-state index contributed by atoms with van der Waals surface area (Å²) in [6.45, 7) is 3.81. The van der Waals surface area contributed by atoms with Gasteiger partial charge in [-0.05, 0) is 43.5 Å². The average Bonchev–Trinajstić information content (AvgIpc) is 3.24. The molecule has 2 aromatic rings. The van der Waals surface area contributed by atoms with E-state index in [1.807, 2.05) is 18.2 Å². The van der Waals surface area contributed by atoms with Gasteiger partial charge in [0.1, 0.15) is 0 Å². The second kappa shape index (κ2) is 6.78. The molecule has 7 heteroatoms. The highest BCUT2D eigenvalue weighted by Crippen LogP contribution is 2.35. The van der Waals surface area contributed by atoms with E-state index in [0.29, 0.717) is 24.2 Å². The van der Waals surface area contributed by atoms with Gasteiger partial charge in [0.2, 0.25) is 18.5 Å². The summed E-state index contributed by atoms with van der Waals surface area (Å²) < 4.78 is 21.4. The van der Waals surface area contributed by atoms with Crippen LogP contribution < -0.4 is 9.47 Å². The molecule has 7 nitrogen and oxygen atoms in total. The van der Waals surface area contributed by atoms with Gasteiger partial charge in [0, 0.05) is 19.2 Å². The maximum absolute atomic E-state index is 5.43. The molecule has 1 aromatic heterocycles. The molecular weight excluding hydrogens is 310 g/mol. The molecule has 4 rings (SSSR count). The SMILES string of the molecule is COC[C@@H]1CCCN(Cc2nc(-c3ccc4c(c3)OCO4)no2)C1. The number of ether oxygens (including phenoxy) is 3. The summed E-state index contributed by atoms with van der Waals surface area (Å²) in [6.07, 6.45) is 2.40. The molecule has 2 aliphatic rings. The van der Waals surface area contributed by atoms with Crippen molar-refractivity contribution in [2.45, 2.75) is 19.4 Å². The first-order valence-electron chi connectivity index (χ1n) is 8.26. The number of nitrogens with zero attached hydrogens (tertiary/aromatic N) is 3. The minimum absolute atomic E-state index is 0.258. The fourth-order valence-electron chi connectivity index (χ4n) is 3.33. The molecule has 1 saturated heterocycles. The van der Waals surface area contributed by atoms with Crippen LogP contribution in [-0.4, -0.2) is 48.6 Å². The number of methoxy groups -OCH3 is 1. The molecule has 0 aliphatic carbocycles. The van der Waals surface area contributed by atoms with Gasteiger partial charge in [-0.1, -0.05) is 5.16 Å². The molecule has 1 aromatic carbocycles. The number of likely N-dealkylation sites (tertiary alicyclic amines) is 1. The monoisotopic (exact) mass is 331 g/mol. The standard InChI is InChI=1S/C17H21N3O4/c1-21-10-12-3-2-6-20(8-12)9-16-18-17(19-24-16)13-4-5-14-15(7-13)23-11-22-14/h4-5,7,12H,2-3,6,8-11H2,1H3/t12-/m1/s1. The highest BCUT2D eigenvalue weighted by atomic mass is 16.7. The number of fused-ring (bicyclic) bond motifs is 1. The highest BCUT2D eigenvalue weighted by Gasteiger charge is 2.22. The zero-order valence-corrected chi connectivity index (χ0v) is 13.7. The number of hydrogen-bond donors (Lipinski definition) is 0.